The number of benzene rings is 1. The van der Waals surface area contributed by atoms with Gasteiger partial charge in [0.05, 0.1) is 0 Å². The van der Waals surface area contributed by atoms with Crippen molar-refractivity contribution < 1.29 is 9.90 Å². The Balaban J connectivity index is 2.57. The van der Waals surface area contributed by atoms with Gasteiger partial charge in [0, 0.05) is 6.54 Å². The van der Waals surface area contributed by atoms with Gasteiger partial charge in [0.25, 0.3) is 0 Å². The van der Waals surface area contributed by atoms with E-state index in [0.29, 0.717) is 13.0 Å². The molecule has 3 N–H and O–H groups in total. The van der Waals surface area contributed by atoms with Gasteiger partial charge in [-0.05, 0) is 18.4 Å². The summed E-state index contributed by atoms with van der Waals surface area (Å²) in [5.74, 6) is 5.00. The Bertz CT molecular complexity index is 354. The first-order chi connectivity index (χ1) is 8.65. The van der Waals surface area contributed by atoms with Crippen LogP contribution in [0.15, 0.2) is 30.3 Å². The van der Waals surface area contributed by atoms with E-state index in [1.807, 2.05) is 30.3 Å². The molecule has 0 aliphatic heterocycles. The van der Waals surface area contributed by atoms with Crippen LogP contribution in [-0.4, -0.2) is 28.7 Å². The molecule has 1 aromatic carbocycles. The fourth-order valence-corrected chi connectivity index (χ4v) is 1.88. The van der Waals surface area contributed by atoms with Gasteiger partial charge in [-0.2, -0.15) is 0 Å². The van der Waals surface area contributed by atoms with E-state index in [1.165, 1.54) is 5.01 Å². The van der Waals surface area contributed by atoms with E-state index in [9.17, 15) is 9.90 Å². The number of hydrazine groups is 1. The van der Waals surface area contributed by atoms with Crippen LogP contribution in [0.25, 0.3) is 0 Å². The summed E-state index contributed by atoms with van der Waals surface area (Å²) in [6, 6.07) is 8.94. The van der Waals surface area contributed by atoms with Crippen molar-refractivity contribution in [2.75, 3.05) is 6.54 Å². The maximum Gasteiger partial charge on any atom is 0.322 e. The molecule has 0 saturated heterocycles. The summed E-state index contributed by atoms with van der Waals surface area (Å²) in [4.78, 5) is 11.3. The molecule has 4 nitrogen and oxygen atoms in total. The number of nitrogens with two attached hydrogens (primary N) is 1. The van der Waals surface area contributed by atoms with Crippen LogP contribution in [0.3, 0.4) is 0 Å². The second kappa shape index (κ2) is 7.84. The third kappa shape index (κ3) is 4.85. The quantitative estimate of drug-likeness (QED) is 0.421. The van der Waals surface area contributed by atoms with Crippen molar-refractivity contribution in [2.24, 2.45) is 5.84 Å². The number of hydrogen-bond donors (Lipinski definition) is 2. The van der Waals surface area contributed by atoms with Crippen molar-refractivity contribution in [3.63, 3.8) is 0 Å². The molecule has 0 saturated carbocycles. The first-order valence-electron chi connectivity index (χ1n) is 6.43. The standard InChI is InChI=1S/C14H22N2O2/c1-2-3-7-10-16(15)13(14(17)18)11-12-8-5-4-6-9-12/h4-6,8-9,13H,2-3,7,10-11,15H2,1H3,(H,17,18)/t13-/m0/s1. The highest BCUT2D eigenvalue weighted by atomic mass is 16.4. The van der Waals surface area contributed by atoms with Gasteiger partial charge in [-0.25, -0.2) is 5.01 Å². The molecule has 18 heavy (non-hydrogen) atoms. The second-order valence-electron chi connectivity index (χ2n) is 4.49. The van der Waals surface area contributed by atoms with E-state index >= 15 is 0 Å². The van der Waals surface area contributed by atoms with Gasteiger partial charge in [-0.15, -0.1) is 0 Å². The number of nitrogens with zero attached hydrogens (tertiary/aromatic N) is 1. The zero-order valence-corrected chi connectivity index (χ0v) is 10.9. The Morgan fingerprint density at radius 2 is 2.00 bits per heavy atom. The van der Waals surface area contributed by atoms with E-state index in [0.717, 1.165) is 24.8 Å². The van der Waals surface area contributed by atoms with E-state index in [-0.39, 0.29) is 0 Å². The van der Waals surface area contributed by atoms with Crippen LogP contribution in [0, 0.1) is 0 Å². The Hall–Kier alpha value is -1.39. The summed E-state index contributed by atoms with van der Waals surface area (Å²) in [7, 11) is 0. The first kappa shape index (κ1) is 14.7. The number of rotatable bonds is 8. The molecule has 0 fully saturated rings. The normalized spacial score (nSPS) is 12.6. The maximum absolute atomic E-state index is 11.3. The number of hydrogen-bond acceptors (Lipinski definition) is 3. The van der Waals surface area contributed by atoms with Crippen molar-refractivity contribution >= 4 is 5.97 Å². The SMILES string of the molecule is CCCCCN(N)[C@@H](Cc1ccccc1)C(=O)O. The second-order valence-corrected chi connectivity index (χ2v) is 4.49. The molecule has 0 bridgehead atoms. The van der Waals surface area contributed by atoms with Crippen LogP contribution in [0.4, 0.5) is 0 Å². The minimum Gasteiger partial charge on any atom is -0.480 e. The van der Waals surface area contributed by atoms with Crippen LogP contribution in [0.5, 0.6) is 0 Å². The van der Waals surface area contributed by atoms with Crippen molar-refractivity contribution in [2.45, 2.75) is 38.6 Å². The molecule has 0 heterocycles. The lowest BCUT2D eigenvalue weighted by molar-refractivity contribution is -0.143. The van der Waals surface area contributed by atoms with Crippen LogP contribution in [-0.2, 0) is 11.2 Å². The Morgan fingerprint density at radius 1 is 1.33 bits per heavy atom. The Labute approximate surface area is 108 Å². The molecule has 1 rings (SSSR count). The molecule has 0 aliphatic rings. The Kier molecular flexibility index (Phi) is 6.39. The summed E-state index contributed by atoms with van der Waals surface area (Å²) < 4.78 is 0. The predicted octanol–water partition coefficient (Wildman–Crippen LogP) is 2.05. The average molecular weight is 250 g/mol. The molecule has 0 amide bonds. The van der Waals surface area contributed by atoms with E-state index in [1.54, 1.807) is 0 Å². The third-order valence-electron chi connectivity index (χ3n) is 2.98. The van der Waals surface area contributed by atoms with Crippen LogP contribution in [0.2, 0.25) is 0 Å². The zero-order chi connectivity index (χ0) is 13.4. The molecule has 100 valence electrons. The molecular weight excluding hydrogens is 228 g/mol. The number of carbonyl (C=O) groups is 1. The molecular formula is C14H22N2O2. The van der Waals surface area contributed by atoms with Crippen molar-refractivity contribution in [1.82, 2.24) is 5.01 Å². The van der Waals surface area contributed by atoms with Crippen LogP contribution >= 0.6 is 0 Å². The number of carboxylic acid groups (broad SMARTS) is 1. The van der Waals surface area contributed by atoms with Gasteiger partial charge >= 0.3 is 5.97 Å². The van der Waals surface area contributed by atoms with Gasteiger partial charge in [-0.1, -0.05) is 50.1 Å². The van der Waals surface area contributed by atoms with Gasteiger partial charge in [-0.3, -0.25) is 10.6 Å². The molecule has 0 radical (unpaired) electrons. The third-order valence-corrected chi connectivity index (χ3v) is 2.98. The highest BCUT2D eigenvalue weighted by molar-refractivity contribution is 5.73. The predicted molar refractivity (Wildman–Crippen MR) is 72.0 cm³/mol. The Morgan fingerprint density at radius 3 is 2.56 bits per heavy atom. The summed E-state index contributed by atoms with van der Waals surface area (Å²) in [6.45, 7) is 2.73. The lowest BCUT2D eigenvalue weighted by Gasteiger charge is -2.24. The van der Waals surface area contributed by atoms with Crippen LogP contribution < -0.4 is 5.84 Å². The summed E-state index contributed by atoms with van der Waals surface area (Å²) in [6.07, 6.45) is 3.56. The lowest BCUT2D eigenvalue weighted by atomic mass is 10.1. The van der Waals surface area contributed by atoms with Crippen molar-refractivity contribution in [3.05, 3.63) is 35.9 Å². The highest BCUT2D eigenvalue weighted by Gasteiger charge is 2.23. The monoisotopic (exact) mass is 250 g/mol. The molecule has 4 heteroatoms. The summed E-state index contributed by atoms with van der Waals surface area (Å²) in [5, 5.41) is 10.7. The average Bonchev–Trinajstić information content (AvgIpc) is 2.37. The van der Waals surface area contributed by atoms with E-state index < -0.39 is 12.0 Å². The summed E-state index contributed by atoms with van der Waals surface area (Å²) >= 11 is 0. The molecule has 0 unspecified atom stereocenters. The van der Waals surface area contributed by atoms with Crippen molar-refractivity contribution in [3.8, 4) is 0 Å². The fourth-order valence-electron chi connectivity index (χ4n) is 1.88. The largest absolute Gasteiger partial charge is 0.480 e. The van der Waals surface area contributed by atoms with Gasteiger partial charge in [0.1, 0.15) is 6.04 Å². The number of aliphatic carboxylic acids is 1. The fraction of sp³-hybridized carbons (Fsp3) is 0.500. The van der Waals surface area contributed by atoms with E-state index in [4.69, 9.17) is 5.84 Å². The first-order valence-corrected chi connectivity index (χ1v) is 6.43. The molecule has 0 aromatic heterocycles. The minimum absolute atomic E-state index is 0.443. The molecule has 1 aromatic rings. The zero-order valence-electron chi connectivity index (χ0n) is 10.9. The van der Waals surface area contributed by atoms with Gasteiger partial charge in [0.2, 0.25) is 0 Å². The topological polar surface area (TPSA) is 66.6 Å². The number of unbranched alkanes of at least 4 members (excludes halogenated alkanes) is 2. The van der Waals surface area contributed by atoms with Crippen LogP contribution in [0.1, 0.15) is 31.7 Å². The number of carboxylic acids is 1. The lowest BCUT2D eigenvalue weighted by Crippen LogP contribution is -2.47. The molecule has 0 aliphatic carbocycles. The van der Waals surface area contributed by atoms with Crippen molar-refractivity contribution in [1.29, 1.82) is 0 Å². The minimum atomic E-state index is -0.863. The summed E-state index contributed by atoms with van der Waals surface area (Å²) in [5.41, 5.74) is 0.996. The van der Waals surface area contributed by atoms with Gasteiger partial charge in [0.15, 0.2) is 0 Å². The molecule has 0 spiro atoms. The smallest absolute Gasteiger partial charge is 0.322 e. The molecule has 1 atom stereocenters. The highest BCUT2D eigenvalue weighted by Crippen LogP contribution is 2.08. The van der Waals surface area contributed by atoms with E-state index in [2.05, 4.69) is 6.92 Å². The maximum atomic E-state index is 11.3. The van der Waals surface area contributed by atoms with Gasteiger partial charge < -0.3 is 5.11 Å².